The lowest BCUT2D eigenvalue weighted by molar-refractivity contribution is 0.132. The van der Waals surface area contributed by atoms with Crippen LogP contribution < -0.4 is 0 Å². The van der Waals surface area contributed by atoms with E-state index in [2.05, 4.69) is 6.58 Å². The van der Waals surface area contributed by atoms with Gasteiger partial charge in [-0.3, -0.25) is 4.31 Å². The van der Waals surface area contributed by atoms with Gasteiger partial charge in [0.25, 0.3) is 10.0 Å². The minimum atomic E-state index is -3.82. The van der Waals surface area contributed by atoms with Crippen molar-refractivity contribution >= 4 is 20.0 Å². The lowest BCUT2D eigenvalue weighted by Crippen LogP contribution is -2.62. The molecule has 0 atom stereocenters. The van der Waals surface area contributed by atoms with Gasteiger partial charge in [-0.05, 0) is 51.0 Å². The second-order valence-electron chi connectivity index (χ2n) is 8.65. The molecule has 1 spiro atoms. The van der Waals surface area contributed by atoms with Gasteiger partial charge < -0.3 is 0 Å². The molecule has 2 aliphatic rings. The zero-order chi connectivity index (χ0) is 22.4. The van der Waals surface area contributed by atoms with E-state index in [-0.39, 0.29) is 28.6 Å². The number of aryl methyl sites for hydroxylation is 2. The van der Waals surface area contributed by atoms with Gasteiger partial charge in [0.15, 0.2) is 0 Å². The summed E-state index contributed by atoms with van der Waals surface area (Å²) in [5, 5.41) is 0. The van der Waals surface area contributed by atoms with Gasteiger partial charge in [0, 0.05) is 5.70 Å². The van der Waals surface area contributed by atoms with Gasteiger partial charge in [-0.1, -0.05) is 54.8 Å². The average molecular weight is 461 g/mol. The number of sulfonamides is 2. The number of hydrogen-bond donors (Lipinski definition) is 0. The maximum absolute atomic E-state index is 13.6. The Labute approximate surface area is 185 Å². The summed E-state index contributed by atoms with van der Waals surface area (Å²) >= 11 is 0. The first kappa shape index (κ1) is 22.0. The maximum Gasteiger partial charge on any atom is 0.264 e. The van der Waals surface area contributed by atoms with Crippen molar-refractivity contribution in [1.82, 2.24) is 8.61 Å². The first-order valence-electron chi connectivity index (χ1n) is 10.4. The van der Waals surface area contributed by atoms with E-state index >= 15 is 0 Å². The summed E-state index contributed by atoms with van der Waals surface area (Å²) in [5.74, 6) is 0. The van der Waals surface area contributed by atoms with Crippen molar-refractivity contribution in [3.05, 3.63) is 71.9 Å². The van der Waals surface area contributed by atoms with Crippen LogP contribution in [-0.2, 0) is 20.0 Å². The van der Waals surface area contributed by atoms with Gasteiger partial charge in [0.1, 0.15) is 0 Å². The zero-order valence-electron chi connectivity index (χ0n) is 17.9. The van der Waals surface area contributed by atoms with Gasteiger partial charge in [-0.2, -0.15) is 4.31 Å². The second kappa shape index (κ2) is 7.76. The Kier molecular flexibility index (Phi) is 5.52. The molecule has 8 heteroatoms. The van der Waals surface area contributed by atoms with E-state index in [1.54, 1.807) is 48.5 Å². The topological polar surface area (TPSA) is 74.8 Å². The van der Waals surface area contributed by atoms with Crippen LogP contribution in [0.1, 0.15) is 36.8 Å². The molecule has 2 aromatic rings. The molecule has 0 radical (unpaired) electrons. The fourth-order valence-electron chi connectivity index (χ4n) is 4.58. The van der Waals surface area contributed by atoms with Crippen molar-refractivity contribution in [3.63, 3.8) is 0 Å². The number of benzene rings is 2. The molecule has 4 rings (SSSR count). The molecule has 166 valence electrons. The Bertz CT molecular complexity index is 1200. The van der Waals surface area contributed by atoms with Crippen LogP contribution >= 0.6 is 0 Å². The van der Waals surface area contributed by atoms with Crippen LogP contribution in [0, 0.1) is 13.8 Å². The Morgan fingerprint density at radius 3 is 1.71 bits per heavy atom. The van der Waals surface area contributed by atoms with Gasteiger partial charge in [-0.15, -0.1) is 0 Å². The summed E-state index contributed by atoms with van der Waals surface area (Å²) in [6.45, 7) is 7.83. The Morgan fingerprint density at radius 2 is 1.23 bits per heavy atom. The highest BCUT2D eigenvalue weighted by atomic mass is 32.2. The highest BCUT2D eigenvalue weighted by Gasteiger charge is 2.52. The average Bonchev–Trinajstić information content (AvgIpc) is 3.19. The summed E-state index contributed by atoms with van der Waals surface area (Å²) in [4.78, 5) is 0.425. The summed E-state index contributed by atoms with van der Waals surface area (Å²) in [6, 6.07) is 13.5. The van der Waals surface area contributed by atoms with Crippen LogP contribution in [0.25, 0.3) is 0 Å². The minimum Gasteiger partial charge on any atom is -0.268 e. The largest absolute Gasteiger partial charge is 0.268 e. The molecule has 2 aromatic carbocycles. The van der Waals surface area contributed by atoms with E-state index < -0.39 is 25.6 Å². The van der Waals surface area contributed by atoms with Gasteiger partial charge in [-0.25, -0.2) is 16.8 Å². The maximum atomic E-state index is 13.6. The van der Waals surface area contributed by atoms with Gasteiger partial charge >= 0.3 is 0 Å². The van der Waals surface area contributed by atoms with Gasteiger partial charge in [0.2, 0.25) is 10.0 Å². The first-order chi connectivity index (χ1) is 14.6. The minimum absolute atomic E-state index is 0.0404. The van der Waals surface area contributed by atoms with E-state index in [1.807, 2.05) is 13.8 Å². The van der Waals surface area contributed by atoms with Crippen molar-refractivity contribution in [2.24, 2.45) is 0 Å². The Morgan fingerprint density at radius 1 is 0.774 bits per heavy atom. The molecule has 0 unspecified atom stereocenters. The highest BCUT2D eigenvalue weighted by Crippen LogP contribution is 2.44. The van der Waals surface area contributed by atoms with Crippen molar-refractivity contribution in [2.45, 2.75) is 54.9 Å². The molecule has 1 heterocycles. The molecular formula is C23H28N2O4S2. The SMILES string of the molecule is C=C1CN(S(=O)(=O)c2ccc(C)cc2)C2(CCCC2)CN1S(=O)(=O)c1ccc(C)cc1. The second-order valence-corrected chi connectivity index (χ2v) is 12.4. The van der Waals surface area contributed by atoms with Crippen LogP contribution in [0.5, 0.6) is 0 Å². The molecule has 6 nitrogen and oxygen atoms in total. The molecule has 0 aromatic heterocycles. The third-order valence-electron chi connectivity index (χ3n) is 6.40. The molecule has 1 aliphatic carbocycles. The van der Waals surface area contributed by atoms with Crippen molar-refractivity contribution < 1.29 is 16.8 Å². The van der Waals surface area contributed by atoms with E-state index in [0.29, 0.717) is 12.8 Å². The van der Waals surface area contributed by atoms with Crippen LogP contribution in [0.15, 0.2) is 70.6 Å². The molecule has 0 bridgehead atoms. The van der Waals surface area contributed by atoms with Crippen LogP contribution in [0.3, 0.4) is 0 Å². The zero-order valence-corrected chi connectivity index (χ0v) is 19.5. The normalized spacial score (nSPS) is 19.8. The monoisotopic (exact) mass is 460 g/mol. The summed E-state index contributed by atoms with van der Waals surface area (Å²) < 4.78 is 56.8. The van der Waals surface area contributed by atoms with Crippen molar-refractivity contribution in [3.8, 4) is 0 Å². The molecule has 1 aliphatic heterocycles. The van der Waals surface area contributed by atoms with E-state index in [0.717, 1.165) is 24.0 Å². The Hall–Kier alpha value is -2.16. The molecule has 1 saturated carbocycles. The lowest BCUT2D eigenvalue weighted by atomic mass is 9.95. The number of hydrogen-bond acceptors (Lipinski definition) is 4. The summed E-state index contributed by atoms with van der Waals surface area (Å²) in [6.07, 6.45) is 2.99. The number of rotatable bonds is 4. The van der Waals surface area contributed by atoms with Crippen LogP contribution in [0.4, 0.5) is 0 Å². The predicted octanol–water partition coefficient (Wildman–Crippen LogP) is 3.83. The third kappa shape index (κ3) is 3.81. The standard InChI is InChI=1S/C23H28N2O4S2/c1-18-6-10-21(11-7-18)30(26,27)24-17-23(14-4-5-15-23)25(16-20(24)3)31(28,29)22-12-8-19(2)9-13-22/h6-13H,3-5,14-17H2,1-2H3. The highest BCUT2D eigenvalue weighted by molar-refractivity contribution is 7.89. The molecule has 0 amide bonds. The van der Waals surface area contributed by atoms with Crippen LogP contribution in [-0.4, -0.2) is 44.1 Å². The lowest BCUT2D eigenvalue weighted by Gasteiger charge is -2.48. The number of piperazine rings is 1. The van der Waals surface area contributed by atoms with Crippen LogP contribution in [0.2, 0.25) is 0 Å². The Balaban J connectivity index is 1.73. The predicted molar refractivity (Wildman–Crippen MR) is 120 cm³/mol. The smallest absolute Gasteiger partial charge is 0.264 e. The molecule has 2 fully saturated rings. The van der Waals surface area contributed by atoms with Crippen molar-refractivity contribution in [2.75, 3.05) is 13.1 Å². The van der Waals surface area contributed by atoms with E-state index in [9.17, 15) is 16.8 Å². The van der Waals surface area contributed by atoms with Crippen molar-refractivity contribution in [1.29, 1.82) is 0 Å². The molecule has 1 saturated heterocycles. The number of nitrogens with zero attached hydrogens (tertiary/aromatic N) is 2. The fourth-order valence-corrected chi connectivity index (χ4v) is 7.93. The molecule has 31 heavy (non-hydrogen) atoms. The first-order valence-corrected chi connectivity index (χ1v) is 13.3. The summed E-state index contributed by atoms with van der Waals surface area (Å²) in [5.41, 5.74) is 1.46. The molecular weight excluding hydrogens is 432 g/mol. The fraction of sp³-hybridized carbons (Fsp3) is 0.391. The molecule has 0 N–H and O–H groups in total. The third-order valence-corrected chi connectivity index (χ3v) is 10.2. The van der Waals surface area contributed by atoms with E-state index in [1.165, 1.54) is 8.61 Å². The van der Waals surface area contributed by atoms with Gasteiger partial charge in [0.05, 0.1) is 28.4 Å². The van der Waals surface area contributed by atoms with E-state index in [4.69, 9.17) is 0 Å². The summed E-state index contributed by atoms with van der Waals surface area (Å²) in [7, 11) is -7.61. The quantitative estimate of drug-likeness (QED) is 0.695.